The van der Waals surface area contributed by atoms with Crippen molar-refractivity contribution in [1.82, 2.24) is 0 Å². The molecule has 0 bridgehead atoms. The lowest BCUT2D eigenvalue weighted by molar-refractivity contribution is -0.116. The number of benzene rings is 2. The molecule has 0 aromatic heterocycles. The Hall–Kier alpha value is -2.03. The number of fused-ring (bicyclic) bond motifs is 1. The summed E-state index contributed by atoms with van der Waals surface area (Å²) in [6.45, 7) is 1.78. The van der Waals surface area contributed by atoms with E-state index in [0.29, 0.717) is 16.4 Å². The monoisotopic (exact) mass is 424 g/mol. The molecule has 6 nitrogen and oxygen atoms in total. The largest absolute Gasteiger partial charge is 0.326 e. The van der Waals surface area contributed by atoms with Crippen molar-refractivity contribution in [2.75, 3.05) is 16.4 Å². The van der Waals surface area contributed by atoms with E-state index in [1.807, 2.05) is 0 Å². The maximum Gasteiger partial charge on any atom is 0.237 e. The van der Waals surface area contributed by atoms with E-state index >= 15 is 0 Å². The van der Waals surface area contributed by atoms with E-state index in [0.717, 1.165) is 4.90 Å². The maximum absolute atomic E-state index is 12.5. The number of hydrogen-bond acceptors (Lipinski definition) is 5. The highest BCUT2D eigenvalue weighted by atomic mass is 35.5. The molecule has 0 unspecified atom stereocenters. The molecule has 1 aliphatic rings. The summed E-state index contributed by atoms with van der Waals surface area (Å²) in [6.07, 6.45) is -0.180. The second kappa shape index (κ2) is 7.92. The minimum Gasteiger partial charge on any atom is -0.326 e. The van der Waals surface area contributed by atoms with Gasteiger partial charge in [0.15, 0.2) is 9.84 Å². The zero-order chi connectivity index (χ0) is 19.6. The van der Waals surface area contributed by atoms with Gasteiger partial charge in [-0.3, -0.25) is 9.59 Å². The molecule has 0 saturated heterocycles. The Balaban J connectivity index is 1.66. The molecule has 1 atom stereocenters. The van der Waals surface area contributed by atoms with Gasteiger partial charge in [-0.15, -0.1) is 11.8 Å². The lowest BCUT2D eigenvalue weighted by Crippen LogP contribution is -2.26. The first-order valence-corrected chi connectivity index (χ1v) is 11.1. The fraction of sp³-hybridized carbons (Fsp3) is 0.222. The Morgan fingerprint density at radius 3 is 2.63 bits per heavy atom. The van der Waals surface area contributed by atoms with Crippen LogP contribution in [-0.2, 0) is 19.4 Å². The van der Waals surface area contributed by atoms with Gasteiger partial charge in [-0.2, -0.15) is 0 Å². The molecule has 2 N–H and O–H groups in total. The number of thioether (sulfide) groups is 1. The first-order chi connectivity index (χ1) is 12.7. The number of carbonyl (C=O) groups is 2. The van der Waals surface area contributed by atoms with Gasteiger partial charge >= 0.3 is 0 Å². The van der Waals surface area contributed by atoms with Crippen molar-refractivity contribution in [2.24, 2.45) is 0 Å². The topological polar surface area (TPSA) is 92.3 Å². The third kappa shape index (κ3) is 4.82. The summed E-state index contributed by atoms with van der Waals surface area (Å²) in [4.78, 5) is 24.7. The summed E-state index contributed by atoms with van der Waals surface area (Å²) in [5.74, 6) is -0.899. The van der Waals surface area contributed by atoms with Crippen LogP contribution in [0.4, 0.5) is 11.4 Å². The van der Waals surface area contributed by atoms with Gasteiger partial charge in [0.1, 0.15) is 0 Å². The molecule has 2 aromatic rings. The van der Waals surface area contributed by atoms with Gasteiger partial charge in [-0.25, -0.2) is 8.42 Å². The van der Waals surface area contributed by atoms with Crippen LogP contribution < -0.4 is 10.6 Å². The van der Waals surface area contributed by atoms with Crippen LogP contribution in [-0.4, -0.2) is 31.2 Å². The van der Waals surface area contributed by atoms with E-state index in [2.05, 4.69) is 10.6 Å². The van der Waals surface area contributed by atoms with Crippen molar-refractivity contribution in [3.63, 3.8) is 0 Å². The third-order valence-corrected chi connectivity index (χ3v) is 7.11. The quantitative estimate of drug-likeness (QED) is 0.765. The van der Waals surface area contributed by atoms with Crippen LogP contribution in [0, 0.1) is 0 Å². The highest BCUT2D eigenvalue weighted by Gasteiger charge is 2.25. The van der Waals surface area contributed by atoms with Crippen LogP contribution in [0.2, 0.25) is 5.02 Å². The molecule has 2 aromatic carbocycles. The molecule has 2 amide bonds. The zero-order valence-corrected chi connectivity index (χ0v) is 16.7. The molecule has 9 heteroatoms. The summed E-state index contributed by atoms with van der Waals surface area (Å²) in [5, 5.41) is 5.66. The molecule has 27 heavy (non-hydrogen) atoms. The molecule has 1 aliphatic heterocycles. The molecule has 0 spiro atoms. The van der Waals surface area contributed by atoms with Crippen molar-refractivity contribution in [1.29, 1.82) is 0 Å². The average Bonchev–Trinajstić information content (AvgIpc) is 2.62. The molecule has 142 valence electrons. The third-order valence-electron chi connectivity index (χ3n) is 3.97. The minimum absolute atomic E-state index is 0.0796. The average molecular weight is 425 g/mol. The van der Waals surface area contributed by atoms with Crippen LogP contribution in [0.1, 0.15) is 13.3 Å². The van der Waals surface area contributed by atoms with Crippen molar-refractivity contribution in [2.45, 2.75) is 28.4 Å². The molecule has 0 fully saturated rings. The number of halogens is 1. The first kappa shape index (κ1) is 19.7. The fourth-order valence-electron chi connectivity index (χ4n) is 2.48. The molecule has 0 saturated carbocycles. The molecule has 0 aliphatic carbocycles. The van der Waals surface area contributed by atoms with Crippen LogP contribution in [0.3, 0.4) is 0 Å². The standard InChI is InChI=1S/C18H17ClN2O4S2/c1-11-18(23)21-15-10-14(6-7-16(15)26-11)27(24,25)9-8-17(22)20-13-4-2-12(19)3-5-13/h2-7,10-11H,8-9H2,1H3,(H,20,22)(H,21,23)/t11-/m1/s1. The van der Waals surface area contributed by atoms with Crippen molar-refractivity contribution in [3.05, 3.63) is 47.5 Å². The van der Waals surface area contributed by atoms with E-state index in [-0.39, 0.29) is 28.2 Å². The Morgan fingerprint density at radius 1 is 1.22 bits per heavy atom. The summed E-state index contributed by atoms with van der Waals surface area (Å²) in [7, 11) is -3.66. The maximum atomic E-state index is 12.5. The molecule has 0 radical (unpaired) electrons. The molecule has 3 rings (SSSR count). The van der Waals surface area contributed by atoms with Crippen molar-refractivity contribution < 1.29 is 18.0 Å². The number of nitrogens with one attached hydrogen (secondary N) is 2. The molecular formula is C18H17ClN2O4S2. The van der Waals surface area contributed by atoms with Crippen molar-refractivity contribution >= 4 is 56.4 Å². The van der Waals surface area contributed by atoms with Gasteiger partial charge < -0.3 is 10.6 Å². The Labute approximate surface area is 166 Å². The van der Waals surface area contributed by atoms with Gasteiger partial charge in [0.25, 0.3) is 0 Å². The highest BCUT2D eigenvalue weighted by Crippen LogP contribution is 2.36. The predicted octanol–water partition coefficient (Wildman–Crippen LogP) is 3.58. The van der Waals surface area contributed by atoms with Gasteiger partial charge in [-0.05, 0) is 49.4 Å². The van der Waals surface area contributed by atoms with Gasteiger partial charge in [0, 0.05) is 22.0 Å². The number of anilines is 2. The predicted molar refractivity (Wildman–Crippen MR) is 107 cm³/mol. The number of amides is 2. The number of carbonyl (C=O) groups excluding carboxylic acids is 2. The van der Waals surface area contributed by atoms with Crippen LogP contribution in [0.25, 0.3) is 0 Å². The highest BCUT2D eigenvalue weighted by molar-refractivity contribution is 8.01. The SMILES string of the molecule is C[C@H]1Sc2ccc(S(=O)(=O)CCC(=O)Nc3ccc(Cl)cc3)cc2NC1=O. The molecule has 1 heterocycles. The Kier molecular flexibility index (Phi) is 5.78. The summed E-state index contributed by atoms with van der Waals surface area (Å²) < 4.78 is 25.1. The second-order valence-electron chi connectivity index (χ2n) is 6.03. The molecular weight excluding hydrogens is 408 g/mol. The van der Waals surface area contributed by atoms with E-state index in [1.54, 1.807) is 37.3 Å². The van der Waals surface area contributed by atoms with E-state index in [4.69, 9.17) is 11.6 Å². The van der Waals surface area contributed by atoms with Gasteiger partial charge in [0.2, 0.25) is 11.8 Å². The van der Waals surface area contributed by atoms with E-state index in [9.17, 15) is 18.0 Å². The lowest BCUT2D eigenvalue weighted by Gasteiger charge is -2.21. The van der Waals surface area contributed by atoms with Gasteiger partial charge in [-0.1, -0.05) is 11.6 Å². The number of sulfone groups is 1. The summed E-state index contributed by atoms with van der Waals surface area (Å²) >= 11 is 7.16. The van der Waals surface area contributed by atoms with Gasteiger partial charge in [0.05, 0.1) is 21.6 Å². The zero-order valence-electron chi connectivity index (χ0n) is 14.4. The van der Waals surface area contributed by atoms with E-state index in [1.165, 1.54) is 23.9 Å². The number of rotatable bonds is 5. The van der Waals surface area contributed by atoms with Crippen LogP contribution in [0.5, 0.6) is 0 Å². The number of hydrogen-bond donors (Lipinski definition) is 2. The summed E-state index contributed by atoms with van der Waals surface area (Å²) in [6, 6.07) is 11.2. The van der Waals surface area contributed by atoms with Crippen LogP contribution >= 0.6 is 23.4 Å². The van der Waals surface area contributed by atoms with E-state index < -0.39 is 15.7 Å². The van der Waals surface area contributed by atoms with Crippen molar-refractivity contribution in [3.8, 4) is 0 Å². The van der Waals surface area contributed by atoms with Crippen LogP contribution in [0.15, 0.2) is 52.3 Å². The Bertz CT molecular complexity index is 991. The lowest BCUT2D eigenvalue weighted by atomic mass is 10.3. The Morgan fingerprint density at radius 2 is 1.93 bits per heavy atom. The first-order valence-electron chi connectivity index (χ1n) is 8.14. The summed E-state index contributed by atoms with van der Waals surface area (Å²) in [5.41, 5.74) is 1.03. The smallest absolute Gasteiger partial charge is 0.237 e. The second-order valence-corrected chi connectivity index (χ2v) is 9.96. The normalized spacial score (nSPS) is 16.4. The minimum atomic E-state index is -3.66. The fourth-order valence-corrected chi connectivity index (χ4v) is 4.80.